The minimum absolute atomic E-state index is 0.0617. The van der Waals surface area contributed by atoms with E-state index in [9.17, 15) is 18.3 Å². The van der Waals surface area contributed by atoms with Crippen molar-refractivity contribution in [1.82, 2.24) is 14.1 Å². The Kier molecular flexibility index (Phi) is 6.87. The number of nitrogens with zero attached hydrogens (tertiary/aromatic N) is 3. The van der Waals surface area contributed by atoms with E-state index in [2.05, 4.69) is 4.90 Å². The van der Waals surface area contributed by atoms with Gasteiger partial charge in [-0.1, -0.05) is 25.7 Å². The van der Waals surface area contributed by atoms with Gasteiger partial charge in [-0.25, -0.2) is 12.7 Å². The van der Waals surface area contributed by atoms with Crippen molar-refractivity contribution in [3.63, 3.8) is 0 Å². The fourth-order valence-corrected chi connectivity index (χ4v) is 4.84. The average Bonchev–Trinajstić information content (AvgIpc) is 2.84. The van der Waals surface area contributed by atoms with Crippen molar-refractivity contribution < 1.29 is 18.3 Å². The topological polar surface area (TPSA) is 81.2 Å². The Bertz CT molecular complexity index is 556. The molecule has 0 radical (unpaired) electrons. The van der Waals surface area contributed by atoms with Gasteiger partial charge in [0.1, 0.15) is 0 Å². The lowest BCUT2D eigenvalue weighted by atomic mass is 9.93. The number of sulfonamides is 1. The van der Waals surface area contributed by atoms with Crippen LogP contribution in [0, 0.1) is 5.92 Å². The molecular weight excluding hydrogens is 342 g/mol. The zero-order valence-corrected chi connectivity index (χ0v) is 16.6. The van der Waals surface area contributed by atoms with Crippen molar-refractivity contribution in [3.05, 3.63) is 0 Å². The summed E-state index contributed by atoms with van der Waals surface area (Å²) < 4.78 is 25.4. The third-order valence-electron chi connectivity index (χ3n) is 5.38. The number of hydrogen-bond donors (Lipinski definition) is 1. The Balaban J connectivity index is 2.14. The van der Waals surface area contributed by atoms with Crippen molar-refractivity contribution in [2.24, 2.45) is 5.92 Å². The predicted octanol–water partition coefficient (Wildman–Crippen LogP) is 0.353. The first-order valence-corrected chi connectivity index (χ1v) is 11.1. The lowest BCUT2D eigenvalue weighted by Gasteiger charge is -2.34. The van der Waals surface area contributed by atoms with Gasteiger partial charge in [0.05, 0.1) is 17.8 Å². The molecule has 7 nitrogen and oxygen atoms in total. The van der Waals surface area contributed by atoms with Crippen molar-refractivity contribution in [3.8, 4) is 0 Å². The van der Waals surface area contributed by atoms with Crippen LogP contribution in [0.15, 0.2) is 0 Å². The standard InChI is InChI=1S/C17H33N3O4S/c1-18(2)16(21)15-12-19(10-11-20(13-15)25(3,23)24)14-17(22)8-6-4-5-7-9-17/h15,22H,4-14H2,1-3H3/t15-/m0/s1. The van der Waals surface area contributed by atoms with Gasteiger partial charge in [-0.15, -0.1) is 0 Å². The summed E-state index contributed by atoms with van der Waals surface area (Å²) in [6, 6.07) is 0. The average molecular weight is 376 g/mol. The molecular formula is C17H33N3O4S. The summed E-state index contributed by atoms with van der Waals surface area (Å²) in [5, 5.41) is 11.0. The highest BCUT2D eigenvalue weighted by molar-refractivity contribution is 7.88. The summed E-state index contributed by atoms with van der Waals surface area (Å²) in [5.74, 6) is -0.463. The van der Waals surface area contributed by atoms with E-state index in [0.29, 0.717) is 26.2 Å². The fraction of sp³-hybridized carbons (Fsp3) is 0.941. The molecule has 0 aromatic rings. The second kappa shape index (κ2) is 8.33. The second-order valence-corrected chi connectivity index (χ2v) is 9.91. The first-order valence-electron chi connectivity index (χ1n) is 9.22. The molecule has 0 bridgehead atoms. The quantitative estimate of drug-likeness (QED) is 0.717. The molecule has 1 atom stereocenters. The molecule has 2 rings (SSSR count). The smallest absolute Gasteiger partial charge is 0.227 e. The van der Waals surface area contributed by atoms with E-state index in [1.807, 2.05) is 0 Å². The number of rotatable bonds is 4. The van der Waals surface area contributed by atoms with E-state index in [0.717, 1.165) is 38.5 Å². The number of hydrogen-bond acceptors (Lipinski definition) is 5. The third-order valence-corrected chi connectivity index (χ3v) is 6.65. The van der Waals surface area contributed by atoms with Gasteiger partial charge in [0.25, 0.3) is 0 Å². The fourth-order valence-electron chi connectivity index (χ4n) is 3.98. The molecule has 0 unspecified atom stereocenters. The SMILES string of the molecule is CN(C)C(=O)[C@H]1CN(CC2(O)CCCCCC2)CCN(S(C)(=O)=O)C1. The van der Waals surface area contributed by atoms with Crippen LogP contribution in [0.3, 0.4) is 0 Å². The van der Waals surface area contributed by atoms with Crippen LogP contribution in [0.4, 0.5) is 0 Å². The number of aliphatic hydroxyl groups is 1. The number of carbonyl (C=O) groups excluding carboxylic acids is 1. The number of β-amino-alcohol motifs (C(OH)–C–C–N with tert-alkyl or cyclic N) is 1. The summed E-state index contributed by atoms with van der Waals surface area (Å²) in [4.78, 5) is 16.1. The van der Waals surface area contributed by atoms with Gasteiger partial charge in [0.15, 0.2) is 0 Å². The molecule has 8 heteroatoms. The van der Waals surface area contributed by atoms with Crippen LogP contribution < -0.4 is 0 Å². The van der Waals surface area contributed by atoms with Gasteiger partial charge in [-0.05, 0) is 12.8 Å². The van der Waals surface area contributed by atoms with Gasteiger partial charge in [-0.2, -0.15) is 0 Å². The van der Waals surface area contributed by atoms with Crippen LogP contribution in [0.5, 0.6) is 0 Å². The summed E-state index contributed by atoms with van der Waals surface area (Å²) in [6.07, 6.45) is 7.13. The first kappa shape index (κ1) is 20.6. The van der Waals surface area contributed by atoms with E-state index in [4.69, 9.17) is 0 Å². The highest BCUT2D eigenvalue weighted by atomic mass is 32.2. The molecule has 1 amide bonds. The van der Waals surface area contributed by atoms with Gasteiger partial charge in [-0.3, -0.25) is 9.69 Å². The molecule has 1 aliphatic carbocycles. The summed E-state index contributed by atoms with van der Waals surface area (Å²) in [6.45, 7) is 2.14. The molecule has 0 spiro atoms. The molecule has 1 saturated heterocycles. The van der Waals surface area contributed by atoms with Crippen molar-refractivity contribution >= 4 is 15.9 Å². The van der Waals surface area contributed by atoms with E-state index in [-0.39, 0.29) is 12.5 Å². The maximum atomic E-state index is 12.5. The normalized spacial score (nSPS) is 26.6. The molecule has 25 heavy (non-hydrogen) atoms. The van der Waals surface area contributed by atoms with Crippen LogP contribution in [-0.2, 0) is 14.8 Å². The maximum absolute atomic E-state index is 12.5. The third kappa shape index (κ3) is 5.91. The van der Waals surface area contributed by atoms with Crippen molar-refractivity contribution in [2.75, 3.05) is 53.1 Å². The lowest BCUT2D eigenvalue weighted by molar-refractivity contribution is -0.133. The second-order valence-electron chi connectivity index (χ2n) is 7.92. The Morgan fingerprint density at radius 3 is 2.24 bits per heavy atom. The lowest BCUT2D eigenvalue weighted by Crippen LogP contribution is -2.46. The van der Waals surface area contributed by atoms with E-state index in [1.54, 1.807) is 14.1 Å². The minimum atomic E-state index is -3.35. The Labute approximate surface area is 152 Å². The molecule has 1 saturated carbocycles. The van der Waals surface area contributed by atoms with Gasteiger partial charge < -0.3 is 10.0 Å². The monoisotopic (exact) mass is 375 g/mol. The summed E-state index contributed by atoms with van der Waals surface area (Å²) in [7, 11) is 0.0458. The Morgan fingerprint density at radius 1 is 1.12 bits per heavy atom. The molecule has 1 aliphatic heterocycles. The van der Waals surface area contributed by atoms with Crippen LogP contribution in [0.25, 0.3) is 0 Å². The largest absolute Gasteiger partial charge is 0.389 e. The molecule has 2 fully saturated rings. The molecule has 0 aromatic carbocycles. The highest BCUT2D eigenvalue weighted by Crippen LogP contribution is 2.28. The summed E-state index contributed by atoms with van der Waals surface area (Å²) in [5.41, 5.74) is -0.720. The van der Waals surface area contributed by atoms with Crippen molar-refractivity contribution in [2.45, 2.75) is 44.1 Å². The maximum Gasteiger partial charge on any atom is 0.227 e. The molecule has 0 aromatic heterocycles. The predicted molar refractivity (Wildman–Crippen MR) is 97.7 cm³/mol. The van der Waals surface area contributed by atoms with Crippen LogP contribution in [0.2, 0.25) is 0 Å². The Hall–Kier alpha value is -0.700. The van der Waals surface area contributed by atoms with E-state index >= 15 is 0 Å². The summed E-state index contributed by atoms with van der Waals surface area (Å²) >= 11 is 0. The van der Waals surface area contributed by atoms with Gasteiger partial charge in [0.2, 0.25) is 15.9 Å². The van der Waals surface area contributed by atoms with Crippen LogP contribution in [0.1, 0.15) is 38.5 Å². The highest BCUT2D eigenvalue weighted by Gasteiger charge is 2.36. The van der Waals surface area contributed by atoms with E-state index in [1.165, 1.54) is 15.5 Å². The van der Waals surface area contributed by atoms with Crippen LogP contribution in [-0.4, -0.2) is 92.2 Å². The number of carbonyl (C=O) groups is 1. The number of amides is 1. The molecule has 2 aliphatic rings. The van der Waals surface area contributed by atoms with Gasteiger partial charge in [0, 0.05) is 46.8 Å². The van der Waals surface area contributed by atoms with Crippen LogP contribution >= 0.6 is 0 Å². The molecule has 1 N–H and O–H groups in total. The van der Waals surface area contributed by atoms with Crippen molar-refractivity contribution in [1.29, 1.82) is 0 Å². The first-order chi connectivity index (χ1) is 11.6. The van der Waals surface area contributed by atoms with E-state index < -0.39 is 21.5 Å². The molecule has 1 heterocycles. The zero-order chi connectivity index (χ0) is 18.7. The molecule has 146 valence electrons. The van der Waals surface area contributed by atoms with Gasteiger partial charge >= 0.3 is 0 Å². The Morgan fingerprint density at radius 2 is 1.72 bits per heavy atom. The zero-order valence-electron chi connectivity index (χ0n) is 15.8. The minimum Gasteiger partial charge on any atom is -0.389 e.